The first-order valence-corrected chi connectivity index (χ1v) is 5.12. The Morgan fingerprint density at radius 2 is 2.00 bits per heavy atom. The summed E-state index contributed by atoms with van der Waals surface area (Å²) >= 11 is 0. The fraction of sp³-hybridized carbons (Fsp3) is 0.385. The highest BCUT2D eigenvalue weighted by Crippen LogP contribution is 2.25. The Hall–Kier alpha value is -1.24. The minimum absolute atomic E-state index is 0.527. The number of aliphatic hydroxyl groups excluding tert-OH is 1. The van der Waals surface area contributed by atoms with Crippen molar-refractivity contribution in [3.63, 3.8) is 0 Å². The topological polar surface area (TPSA) is 20.2 Å². The van der Waals surface area contributed by atoms with Gasteiger partial charge in [0.15, 0.2) is 0 Å². The van der Waals surface area contributed by atoms with E-state index in [-0.39, 0.29) is 0 Å². The van der Waals surface area contributed by atoms with Crippen LogP contribution in [0.2, 0.25) is 0 Å². The Morgan fingerprint density at radius 3 is 2.50 bits per heavy atom. The number of aliphatic hydroxyl groups is 1. The highest BCUT2D eigenvalue weighted by atomic mass is 16.2. The Bertz CT molecular complexity index is 287. The summed E-state index contributed by atoms with van der Waals surface area (Å²) in [4.78, 5) is 0. The van der Waals surface area contributed by atoms with Crippen LogP contribution in [0.15, 0.2) is 42.2 Å². The minimum Gasteiger partial charge on any atom is -0.516 e. The molecular formula is C13H18O. The van der Waals surface area contributed by atoms with E-state index in [1.807, 2.05) is 13.0 Å². The maximum atomic E-state index is 8.86. The van der Waals surface area contributed by atoms with Gasteiger partial charge in [0.25, 0.3) is 0 Å². The molecule has 0 spiro atoms. The first-order chi connectivity index (χ1) is 6.77. The first kappa shape index (κ1) is 10.8. The number of hydrogen-bond donors (Lipinski definition) is 1. The van der Waals surface area contributed by atoms with E-state index in [2.05, 4.69) is 31.2 Å². The molecule has 0 radical (unpaired) electrons. The number of hydrogen-bond acceptors (Lipinski definition) is 1. The molecule has 0 aromatic heterocycles. The van der Waals surface area contributed by atoms with Crippen LogP contribution in [0.3, 0.4) is 0 Å². The van der Waals surface area contributed by atoms with E-state index >= 15 is 0 Å². The average molecular weight is 190 g/mol. The van der Waals surface area contributed by atoms with Crippen molar-refractivity contribution >= 4 is 0 Å². The SMILES string of the molecule is CCC(CC(C)=CO)c1ccccc1. The van der Waals surface area contributed by atoms with Crippen LogP contribution >= 0.6 is 0 Å². The second-order valence-corrected chi connectivity index (χ2v) is 3.70. The first-order valence-electron chi connectivity index (χ1n) is 5.12. The Balaban J connectivity index is 2.73. The van der Waals surface area contributed by atoms with Gasteiger partial charge in [-0.3, -0.25) is 0 Å². The molecule has 1 atom stereocenters. The lowest BCUT2D eigenvalue weighted by atomic mass is 9.91. The summed E-state index contributed by atoms with van der Waals surface area (Å²) < 4.78 is 0. The molecule has 0 bridgehead atoms. The molecule has 0 heterocycles. The molecule has 0 saturated carbocycles. The van der Waals surface area contributed by atoms with Gasteiger partial charge in [-0.2, -0.15) is 0 Å². The van der Waals surface area contributed by atoms with E-state index in [1.54, 1.807) is 0 Å². The van der Waals surface area contributed by atoms with E-state index in [1.165, 1.54) is 11.8 Å². The van der Waals surface area contributed by atoms with Crippen molar-refractivity contribution in [1.29, 1.82) is 0 Å². The molecule has 1 unspecified atom stereocenters. The summed E-state index contributed by atoms with van der Waals surface area (Å²) in [5, 5.41) is 8.86. The van der Waals surface area contributed by atoms with E-state index in [0.29, 0.717) is 5.92 Å². The van der Waals surface area contributed by atoms with Crippen LogP contribution < -0.4 is 0 Å². The highest BCUT2D eigenvalue weighted by molar-refractivity contribution is 5.21. The van der Waals surface area contributed by atoms with E-state index < -0.39 is 0 Å². The zero-order valence-electron chi connectivity index (χ0n) is 8.90. The van der Waals surface area contributed by atoms with Crippen molar-refractivity contribution in [3.8, 4) is 0 Å². The van der Waals surface area contributed by atoms with Crippen molar-refractivity contribution in [1.82, 2.24) is 0 Å². The van der Waals surface area contributed by atoms with E-state index in [4.69, 9.17) is 5.11 Å². The fourth-order valence-electron chi connectivity index (χ4n) is 1.66. The average Bonchev–Trinajstić information content (AvgIpc) is 2.26. The van der Waals surface area contributed by atoms with Crippen LogP contribution in [0.5, 0.6) is 0 Å². The Morgan fingerprint density at radius 1 is 1.36 bits per heavy atom. The molecule has 0 amide bonds. The van der Waals surface area contributed by atoms with Crippen LogP contribution in [0.4, 0.5) is 0 Å². The monoisotopic (exact) mass is 190 g/mol. The fourth-order valence-corrected chi connectivity index (χ4v) is 1.66. The number of benzene rings is 1. The van der Waals surface area contributed by atoms with Gasteiger partial charge in [0.2, 0.25) is 0 Å². The molecule has 76 valence electrons. The van der Waals surface area contributed by atoms with Gasteiger partial charge in [-0.05, 0) is 36.8 Å². The number of rotatable bonds is 4. The quantitative estimate of drug-likeness (QED) is 0.710. The molecule has 0 aliphatic rings. The third-order valence-electron chi connectivity index (χ3n) is 2.55. The Kier molecular flexibility index (Phi) is 4.24. The lowest BCUT2D eigenvalue weighted by molar-refractivity contribution is 0.461. The molecule has 1 heteroatoms. The Labute approximate surface area is 86.1 Å². The van der Waals surface area contributed by atoms with E-state index in [0.717, 1.165) is 18.4 Å². The molecular weight excluding hydrogens is 172 g/mol. The molecule has 1 nitrogen and oxygen atoms in total. The summed E-state index contributed by atoms with van der Waals surface area (Å²) in [5.41, 5.74) is 2.40. The van der Waals surface area contributed by atoms with Crippen molar-refractivity contribution in [2.75, 3.05) is 0 Å². The molecule has 1 rings (SSSR count). The van der Waals surface area contributed by atoms with Crippen LogP contribution in [-0.2, 0) is 0 Å². The summed E-state index contributed by atoms with van der Waals surface area (Å²) in [7, 11) is 0. The summed E-state index contributed by atoms with van der Waals surface area (Å²) in [6.07, 6.45) is 3.26. The molecule has 0 aliphatic heterocycles. The summed E-state index contributed by atoms with van der Waals surface area (Å²) in [6, 6.07) is 10.5. The van der Waals surface area contributed by atoms with Gasteiger partial charge in [-0.1, -0.05) is 37.3 Å². The largest absolute Gasteiger partial charge is 0.516 e. The normalized spacial score (nSPS) is 14.0. The second-order valence-electron chi connectivity index (χ2n) is 3.70. The van der Waals surface area contributed by atoms with Crippen molar-refractivity contribution in [2.24, 2.45) is 0 Å². The molecule has 1 aromatic rings. The molecule has 1 N–H and O–H groups in total. The maximum Gasteiger partial charge on any atom is 0.0781 e. The third-order valence-corrected chi connectivity index (χ3v) is 2.55. The molecule has 0 fully saturated rings. The zero-order valence-corrected chi connectivity index (χ0v) is 8.90. The van der Waals surface area contributed by atoms with Crippen LogP contribution in [-0.4, -0.2) is 5.11 Å². The second kappa shape index (κ2) is 5.48. The summed E-state index contributed by atoms with van der Waals surface area (Å²) in [5.74, 6) is 0.527. The lowest BCUT2D eigenvalue weighted by Gasteiger charge is -2.14. The summed E-state index contributed by atoms with van der Waals surface area (Å²) in [6.45, 7) is 4.15. The molecule has 0 aliphatic carbocycles. The van der Waals surface area contributed by atoms with Gasteiger partial charge in [0, 0.05) is 0 Å². The lowest BCUT2D eigenvalue weighted by Crippen LogP contribution is -1.97. The van der Waals surface area contributed by atoms with Gasteiger partial charge in [0.1, 0.15) is 0 Å². The number of allylic oxidation sites excluding steroid dienone is 1. The van der Waals surface area contributed by atoms with Gasteiger partial charge < -0.3 is 5.11 Å². The zero-order chi connectivity index (χ0) is 10.4. The van der Waals surface area contributed by atoms with Gasteiger partial charge in [0.05, 0.1) is 6.26 Å². The van der Waals surface area contributed by atoms with Gasteiger partial charge in [-0.15, -0.1) is 0 Å². The van der Waals surface area contributed by atoms with Crippen molar-refractivity contribution in [2.45, 2.75) is 32.6 Å². The predicted molar refractivity (Wildman–Crippen MR) is 60.5 cm³/mol. The van der Waals surface area contributed by atoms with Crippen molar-refractivity contribution in [3.05, 3.63) is 47.7 Å². The minimum atomic E-state index is 0.527. The maximum absolute atomic E-state index is 8.86. The predicted octanol–water partition coefficient (Wildman–Crippen LogP) is 4.03. The molecule has 0 saturated heterocycles. The standard InChI is InChI=1S/C13H18O/c1-3-12(9-11(2)10-14)13-7-5-4-6-8-13/h4-8,10,12,14H,3,9H2,1-2H3. The van der Waals surface area contributed by atoms with Gasteiger partial charge in [-0.25, -0.2) is 0 Å². The molecule has 14 heavy (non-hydrogen) atoms. The van der Waals surface area contributed by atoms with E-state index in [9.17, 15) is 0 Å². The van der Waals surface area contributed by atoms with Crippen molar-refractivity contribution < 1.29 is 5.11 Å². The van der Waals surface area contributed by atoms with Crippen LogP contribution in [0.25, 0.3) is 0 Å². The highest BCUT2D eigenvalue weighted by Gasteiger charge is 2.08. The van der Waals surface area contributed by atoms with Gasteiger partial charge >= 0.3 is 0 Å². The van der Waals surface area contributed by atoms with Crippen LogP contribution in [0.1, 0.15) is 38.2 Å². The van der Waals surface area contributed by atoms with Crippen LogP contribution in [0, 0.1) is 0 Å². The third kappa shape index (κ3) is 2.91. The smallest absolute Gasteiger partial charge is 0.0781 e. The molecule has 1 aromatic carbocycles.